The van der Waals surface area contributed by atoms with E-state index in [1.54, 1.807) is 11.3 Å². The predicted octanol–water partition coefficient (Wildman–Crippen LogP) is 3.64. The van der Waals surface area contributed by atoms with Gasteiger partial charge in [0.1, 0.15) is 0 Å². The van der Waals surface area contributed by atoms with Crippen LogP contribution in [-0.4, -0.2) is 18.1 Å². The van der Waals surface area contributed by atoms with Gasteiger partial charge in [0.05, 0.1) is 11.2 Å². The van der Waals surface area contributed by atoms with E-state index in [2.05, 4.69) is 59.9 Å². The van der Waals surface area contributed by atoms with Crippen LogP contribution in [0.25, 0.3) is 0 Å². The van der Waals surface area contributed by atoms with Crippen molar-refractivity contribution < 1.29 is 0 Å². The van der Waals surface area contributed by atoms with E-state index in [-0.39, 0.29) is 5.41 Å². The van der Waals surface area contributed by atoms with Crippen LogP contribution >= 0.6 is 11.3 Å². The first kappa shape index (κ1) is 14.2. The smallest absolute Gasteiger partial charge is 0.0794 e. The highest BCUT2D eigenvalue weighted by atomic mass is 32.1. The van der Waals surface area contributed by atoms with Crippen LogP contribution < -0.4 is 5.32 Å². The van der Waals surface area contributed by atoms with Crippen molar-refractivity contribution >= 4 is 11.3 Å². The maximum atomic E-state index is 4.47. The topological polar surface area (TPSA) is 24.9 Å². The van der Waals surface area contributed by atoms with Crippen LogP contribution in [0, 0.1) is 0 Å². The van der Waals surface area contributed by atoms with E-state index in [1.165, 1.54) is 11.3 Å². The lowest BCUT2D eigenvalue weighted by Gasteiger charge is -2.33. The molecule has 0 saturated carbocycles. The first-order valence-corrected chi connectivity index (χ1v) is 7.88. The lowest BCUT2D eigenvalue weighted by Crippen LogP contribution is -2.39. The van der Waals surface area contributed by atoms with Gasteiger partial charge in [-0.3, -0.25) is 0 Å². The lowest BCUT2D eigenvalue weighted by molar-refractivity contribution is 0.379. The molecule has 1 unspecified atom stereocenters. The largest absolute Gasteiger partial charge is 0.316 e. The number of likely N-dealkylation sites (N-methyl/N-ethyl adjacent to an activating group) is 1. The van der Waals surface area contributed by atoms with Gasteiger partial charge in [0, 0.05) is 23.8 Å². The maximum absolute atomic E-state index is 4.47. The molecule has 3 heteroatoms. The summed E-state index contributed by atoms with van der Waals surface area (Å²) in [5.41, 5.74) is 4.68. The predicted molar refractivity (Wildman–Crippen MR) is 82.8 cm³/mol. The van der Waals surface area contributed by atoms with Gasteiger partial charge < -0.3 is 5.32 Å². The molecule has 2 aromatic rings. The molecule has 102 valence electrons. The average Bonchev–Trinajstić information content (AvgIpc) is 2.97. The van der Waals surface area contributed by atoms with Gasteiger partial charge in [-0.15, -0.1) is 11.3 Å². The molecule has 2 nitrogen and oxygen atoms in total. The zero-order valence-corrected chi connectivity index (χ0v) is 12.5. The zero-order valence-electron chi connectivity index (χ0n) is 11.7. The second-order valence-electron chi connectivity index (χ2n) is 4.94. The van der Waals surface area contributed by atoms with E-state index in [1.807, 2.05) is 5.51 Å². The Morgan fingerprint density at radius 2 is 2.00 bits per heavy atom. The Kier molecular flexibility index (Phi) is 5.11. The lowest BCUT2D eigenvalue weighted by atomic mass is 9.74. The van der Waals surface area contributed by atoms with Gasteiger partial charge >= 0.3 is 0 Å². The molecule has 2 rings (SSSR count). The van der Waals surface area contributed by atoms with Crippen LogP contribution in [0.4, 0.5) is 0 Å². The Morgan fingerprint density at radius 3 is 2.58 bits per heavy atom. The standard InChI is InChI=1S/C16H22N2S/c1-3-16(12-17-4-2,10-15-11-19-13-18-15)14-8-6-5-7-9-14/h5-9,11,13,17H,3-4,10,12H2,1-2H3. The summed E-state index contributed by atoms with van der Waals surface area (Å²) < 4.78 is 0. The van der Waals surface area contributed by atoms with Crippen LogP contribution in [-0.2, 0) is 11.8 Å². The van der Waals surface area contributed by atoms with Crippen molar-refractivity contribution in [2.75, 3.05) is 13.1 Å². The van der Waals surface area contributed by atoms with Crippen LogP contribution in [0.2, 0.25) is 0 Å². The Labute approximate surface area is 119 Å². The van der Waals surface area contributed by atoms with Gasteiger partial charge in [-0.25, -0.2) is 4.98 Å². The number of nitrogens with one attached hydrogen (secondary N) is 1. The molecule has 0 saturated heterocycles. The molecule has 1 aromatic heterocycles. The fourth-order valence-corrected chi connectivity index (χ4v) is 3.11. The number of thiazole rings is 1. The number of rotatable bonds is 7. The monoisotopic (exact) mass is 274 g/mol. The molecule has 0 aliphatic carbocycles. The number of hydrogen-bond acceptors (Lipinski definition) is 3. The molecule has 0 amide bonds. The third kappa shape index (κ3) is 3.43. The van der Waals surface area contributed by atoms with Crippen molar-refractivity contribution in [2.24, 2.45) is 0 Å². The second-order valence-corrected chi connectivity index (χ2v) is 5.66. The SMILES string of the molecule is CCNCC(CC)(Cc1cscn1)c1ccccc1. The fraction of sp³-hybridized carbons (Fsp3) is 0.438. The average molecular weight is 274 g/mol. The van der Waals surface area contributed by atoms with Crippen molar-refractivity contribution in [3.05, 3.63) is 52.5 Å². The molecule has 1 N–H and O–H groups in total. The minimum absolute atomic E-state index is 0.144. The Morgan fingerprint density at radius 1 is 1.21 bits per heavy atom. The third-order valence-corrected chi connectivity index (χ3v) is 4.41. The van der Waals surface area contributed by atoms with Crippen molar-refractivity contribution in [1.29, 1.82) is 0 Å². The van der Waals surface area contributed by atoms with Gasteiger partial charge in [0.2, 0.25) is 0 Å². The fourth-order valence-electron chi connectivity index (χ4n) is 2.55. The summed E-state index contributed by atoms with van der Waals surface area (Å²) >= 11 is 1.68. The summed E-state index contributed by atoms with van der Waals surface area (Å²) in [7, 11) is 0. The number of hydrogen-bond donors (Lipinski definition) is 1. The summed E-state index contributed by atoms with van der Waals surface area (Å²) in [5.74, 6) is 0. The molecule has 19 heavy (non-hydrogen) atoms. The highest BCUT2D eigenvalue weighted by molar-refractivity contribution is 7.07. The molecule has 0 aliphatic rings. The Balaban J connectivity index is 2.30. The second kappa shape index (κ2) is 6.83. The number of benzene rings is 1. The minimum Gasteiger partial charge on any atom is -0.316 e. The highest BCUT2D eigenvalue weighted by Gasteiger charge is 2.30. The molecule has 0 spiro atoms. The van der Waals surface area contributed by atoms with E-state index >= 15 is 0 Å². The van der Waals surface area contributed by atoms with Crippen LogP contribution in [0.1, 0.15) is 31.5 Å². The Bertz CT molecular complexity index is 467. The van der Waals surface area contributed by atoms with E-state index < -0.39 is 0 Å². The normalized spacial score (nSPS) is 14.2. The van der Waals surface area contributed by atoms with E-state index in [4.69, 9.17) is 0 Å². The van der Waals surface area contributed by atoms with Crippen LogP contribution in [0.3, 0.4) is 0 Å². The van der Waals surface area contributed by atoms with Crippen molar-refractivity contribution in [3.63, 3.8) is 0 Å². The quantitative estimate of drug-likeness (QED) is 0.833. The van der Waals surface area contributed by atoms with Gasteiger partial charge in [0.15, 0.2) is 0 Å². The van der Waals surface area contributed by atoms with Crippen molar-refractivity contribution in [2.45, 2.75) is 32.1 Å². The summed E-state index contributed by atoms with van der Waals surface area (Å²) in [6, 6.07) is 10.8. The molecule has 0 fully saturated rings. The molecular weight excluding hydrogens is 252 g/mol. The van der Waals surface area contributed by atoms with Crippen LogP contribution in [0.15, 0.2) is 41.2 Å². The first-order valence-electron chi connectivity index (χ1n) is 6.94. The van der Waals surface area contributed by atoms with Gasteiger partial charge in [-0.2, -0.15) is 0 Å². The zero-order chi connectivity index (χ0) is 13.6. The molecule has 0 aliphatic heterocycles. The van der Waals surface area contributed by atoms with Gasteiger partial charge in [0.25, 0.3) is 0 Å². The summed E-state index contributed by atoms with van der Waals surface area (Å²) in [6.07, 6.45) is 2.12. The minimum atomic E-state index is 0.144. The molecule has 1 heterocycles. The number of aromatic nitrogens is 1. The summed E-state index contributed by atoms with van der Waals surface area (Å²) in [6.45, 7) is 6.44. The molecule has 1 aromatic carbocycles. The summed E-state index contributed by atoms with van der Waals surface area (Å²) in [5, 5.41) is 5.69. The third-order valence-electron chi connectivity index (χ3n) is 3.78. The van der Waals surface area contributed by atoms with Crippen molar-refractivity contribution in [1.82, 2.24) is 10.3 Å². The summed E-state index contributed by atoms with van der Waals surface area (Å²) in [4.78, 5) is 4.47. The highest BCUT2D eigenvalue weighted by Crippen LogP contribution is 2.31. The first-order chi connectivity index (χ1) is 9.30. The van der Waals surface area contributed by atoms with Crippen LogP contribution in [0.5, 0.6) is 0 Å². The molecular formula is C16H22N2S. The number of nitrogens with zero attached hydrogens (tertiary/aromatic N) is 1. The van der Waals surface area contributed by atoms with E-state index in [9.17, 15) is 0 Å². The Hall–Kier alpha value is -1.19. The molecule has 1 atom stereocenters. The van der Waals surface area contributed by atoms with Crippen molar-refractivity contribution in [3.8, 4) is 0 Å². The van der Waals surface area contributed by atoms with E-state index in [0.29, 0.717) is 0 Å². The molecule has 0 radical (unpaired) electrons. The van der Waals surface area contributed by atoms with Gasteiger partial charge in [-0.1, -0.05) is 44.2 Å². The maximum Gasteiger partial charge on any atom is 0.0794 e. The molecule has 0 bridgehead atoms. The van der Waals surface area contributed by atoms with E-state index in [0.717, 1.165) is 25.9 Å². The van der Waals surface area contributed by atoms with Gasteiger partial charge in [-0.05, 0) is 18.5 Å².